The Labute approximate surface area is 157 Å². The zero-order valence-electron chi connectivity index (χ0n) is 14.4. The molecule has 140 valence electrons. The quantitative estimate of drug-likeness (QED) is 0.738. The van der Waals surface area contributed by atoms with Crippen LogP contribution in [0, 0.1) is 11.7 Å². The summed E-state index contributed by atoms with van der Waals surface area (Å²) in [7, 11) is -3.61. The molecule has 0 aliphatic rings. The number of carbonyl (C=O) groups is 1. The van der Waals surface area contributed by atoms with Crippen LogP contribution in [0.15, 0.2) is 47.4 Å². The first-order valence-electron chi connectivity index (χ1n) is 8.05. The number of benzene rings is 2. The van der Waals surface area contributed by atoms with E-state index in [1.54, 1.807) is 0 Å². The second-order valence-corrected chi connectivity index (χ2v) is 8.36. The highest BCUT2D eigenvalue weighted by atomic mass is 35.5. The van der Waals surface area contributed by atoms with Gasteiger partial charge in [0, 0.05) is 17.8 Å². The molecular weight excluding hydrogens is 379 g/mol. The van der Waals surface area contributed by atoms with E-state index in [1.165, 1.54) is 36.4 Å². The Morgan fingerprint density at radius 2 is 1.81 bits per heavy atom. The van der Waals surface area contributed by atoms with E-state index >= 15 is 0 Å². The van der Waals surface area contributed by atoms with Gasteiger partial charge in [-0.1, -0.05) is 25.4 Å². The highest BCUT2D eigenvalue weighted by Crippen LogP contribution is 2.20. The Balaban J connectivity index is 2.05. The summed E-state index contributed by atoms with van der Waals surface area (Å²) in [5.74, 6) is -0.641. The molecule has 2 aromatic carbocycles. The van der Waals surface area contributed by atoms with Gasteiger partial charge in [-0.15, -0.1) is 0 Å². The van der Waals surface area contributed by atoms with E-state index < -0.39 is 21.7 Å². The third kappa shape index (κ3) is 5.52. The van der Waals surface area contributed by atoms with E-state index in [-0.39, 0.29) is 15.5 Å². The average molecular weight is 399 g/mol. The highest BCUT2D eigenvalue weighted by Gasteiger charge is 2.15. The molecule has 0 atom stereocenters. The SMILES string of the molecule is CC(C)CCNS(=O)(=O)c1ccc(C(=O)Nc2ccc(F)c(Cl)c2)cc1. The van der Waals surface area contributed by atoms with Crippen molar-refractivity contribution in [1.82, 2.24) is 4.72 Å². The summed E-state index contributed by atoms with van der Waals surface area (Å²) >= 11 is 5.68. The molecule has 2 rings (SSSR count). The molecule has 0 heterocycles. The van der Waals surface area contributed by atoms with E-state index in [0.717, 1.165) is 12.5 Å². The summed E-state index contributed by atoms with van der Waals surface area (Å²) in [6.07, 6.45) is 0.736. The lowest BCUT2D eigenvalue weighted by atomic mass is 10.1. The minimum Gasteiger partial charge on any atom is -0.322 e. The molecule has 0 saturated carbocycles. The Hall–Kier alpha value is -1.96. The van der Waals surface area contributed by atoms with Gasteiger partial charge >= 0.3 is 0 Å². The summed E-state index contributed by atoms with van der Waals surface area (Å²) in [5, 5.41) is 2.48. The van der Waals surface area contributed by atoms with Crippen LogP contribution in [-0.4, -0.2) is 20.9 Å². The fourth-order valence-electron chi connectivity index (χ4n) is 2.13. The molecule has 0 saturated heterocycles. The molecule has 8 heteroatoms. The van der Waals surface area contributed by atoms with Crippen LogP contribution in [0.4, 0.5) is 10.1 Å². The fourth-order valence-corrected chi connectivity index (χ4v) is 3.36. The predicted molar refractivity (Wildman–Crippen MR) is 100 cm³/mol. The van der Waals surface area contributed by atoms with Gasteiger partial charge in [0.15, 0.2) is 0 Å². The van der Waals surface area contributed by atoms with Crippen LogP contribution in [-0.2, 0) is 10.0 Å². The van der Waals surface area contributed by atoms with E-state index in [4.69, 9.17) is 11.6 Å². The minimum atomic E-state index is -3.61. The van der Waals surface area contributed by atoms with Crippen LogP contribution < -0.4 is 10.0 Å². The molecule has 0 bridgehead atoms. The Morgan fingerprint density at radius 1 is 1.15 bits per heavy atom. The normalized spacial score (nSPS) is 11.6. The van der Waals surface area contributed by atoms with Crippen molar-refractivity contribution in [3.05, 3.63) is 58.9 Å². The van der Waals surface area contributed by atoms with Gasteiger partial charge in [0.05, 0.1) is 9.92 Å². The van der Waals surface area contributed by atoms with Gasteiger partial charge in [-0.25, -0.2) is 17.5 Å². The number of amides is 1. The van der Waals surface area contributed by atoms with Gasteiger partial charge in [-0.2, -0.15) is 0 Å². The summed E-state index contributed by atoms with van der Waals surface area (Å²) in [5.41, 5.74) is 0.611. The molecule has 2 N–H and O–H groups in total. The van der Waals surface area contributed by atoms with Crippen molar-refractivity contribution in [2.24, 2.45) is 5.92 Å². The third-order valence-corrected chi connectivity index (χ3v) is 5.38. The van der Waals surface area contributed by atoms with Crippen molar-refractivity contribution in [1.29, 1.82) is 0 Å². The van der Waals surface area contributed by atoms with Crippen molar-refractivity contribution in [2.75, 3.05) is 11.9 Å². The number of halogens is 2. The zero-order chi connectivity index (χ0) is 19.3. The van der Waals surface area contributed by atoms with Crippen LogP contribution in [0.5, 0.6) is 0 Å². The van der Waals surface area contributed by atoms with Crippen LogP contribution >= 0.6 is 11.6 Å². The van der Waals surface area contributed by atoms with Gasteiger partial charge < -0.3 is 5.32 Å². The molecule has 0 fully saturated rings. The number of rotatable bonds is 7. The van der Waals surface area contributed by atoms with E-state index in [0.29, 0.717) is 18.2 Å². The first kappa shape index (κ1) is 20.4. The number of carbonyl (C=O) groups excluding carboxylic acids is 1. The maximum absolute atomic E-state index is 13.1. The number of anilines is 1. The molecule has 0 aromatic heterocycles. The topological polar surface area (TPSA) is 75.3 Å². The first-order chi connectivity index (χ1) is 12.2. The fraction of sp³-hybridized carbons (Fsp3) is 0.278. The van der Waals surface area contributed by atoms with Gasteiger partial charge in [-0.3, -0.25) is 4.79 Å². The lowest BCUT2D eigenvalue weighted by molar-refractivity contribution is 0.102. The van der Waals surface area contributed by atoms with Gasteiger partial charge in [0.1, 0.15) is 5.82 Å². The zero-order valence-corrected chi connectivity index (χ0v) is 16.0. The smallest absolute Gasteiger partial charge is 0.255 e. The summed E-state index contributed by atoms with van der Waals surface area (Å²) in [6.45, 7) is 4.37. The van der Waals surface area contributed by atoms with Crippen LogP contribution in [0.25, 0.3) is 0 Å². The monoisotopic (exact) mass is 398 g/mol. The van der Waals surface area contributed by atoms with Crippen molar-refractivity contribution in [2.45, 2.75) is 25.2 Å². The number of hydrogen-bond acceptors (Lipinski definition) is 3. The second kappa shape index (κ2) is 8.62. The number of hydrogen-bond donors (Lipinski definition) is 2. The molecule has 1 amide bonds. The maximum atomic E-state index is 13.1. The predicted octanol–water partition coefficient (Wildman–Crippen LogP) is 4.06. The number of nitrogens with one attached hydrogen (secondary N) is 2. The summed E-state index contributed by atoms with van der Waals surface area (Å²) < 4.78 is 40.1. The molecule has 0 spiro atoms. The van der Waals surface area contributed by atoms with Crippen molar-refractivity contribution < 1.29 is 17.6 Å². The molecule has 0 aliphatic carbocycles. The third-order valence-electron chi connectivity index (χ3n) is 3.62. The summed E-state index contributed by atoms with van der Waals surface area (Å²) in [4.78, 5) is 12.3. The summed E-state index contributed by atoms with van der Waals surface area (Å²) in [6, 6.07) is 9.39. The van der Waals surface area contributed by atoms with Crippen LogP contribution in [0.3, 0.4) is 0 Å². The molecule has 5 nitrogen and oxygen atoms in total. The molecule has 26 heavy (non-hydrogen) atoms. The lowest BCUT2D eigenvalue weighted by Crippen LogP contribution is -2.25. The molecular formula is C18H20ClFN2O3S. The molecule has 0 radical (unpaired) electrons. The van der Waals surface area contributed by atoms with Crippen molar-refractivity contribution >= 4 is 33.2 Å². The molecule has 0 aliphatic heterocycles. The van der Waals surface area contributed by atoms with E-state index in [9.17, 15) is 17.6 Å². The maximum Gasteiger partial charge on any atom is 0.255 e. The van der Waals surface area contributed by atoms with Crippen molar-refractivity contribution in [3.63, 3.8) is 0 Å². The van der Waals surface area contributed by atoms with Gasteiger partial charge in [-0.05, 0) is 54.8 Å². The van der Waals surface area contributed by atoms with Gasteiger partial charge in [0.2, 0.25) is 10.0 Å². The largest absolute Gasteiger partial charge is 0.322 e. The Kier molecular flexibility index (Phi) is 6.75. The molecule has 2 aromatic rings. The molecule has 0 unspecified atom stereocenters. The number of sulfonamides is 1. The Bertz CT molecular complexity index is 884. The van der Waals surface area contributed by atoms with Crippen molar-refractivity contribution in [3.8, 4) is 0 Å². The van der Waals surface area contributed by atoms with E-state index in [1.807, 2.05) is 13.8 Å². The highest BCUT2D eigenvalue weighted by molar-refractivity contribution is 7.89. The first-order valence-corrected chi connectivity index (χ1v) is 9.91. The van der Waals surface area contributed by atoms with E-state index in [2.05, 4.69) is 10.0 Å². The van der Waals surface area contributed by atoms with Crippen LogP contribution in [0.2, 0.25) is 5.02 Å². The lowest BCUT2D eigenvalue weighted by Gasteiger charge is -2.09. The Morgan fingerprint density at radius 3 is 2.38 bits per heavy atom. The second-order valence-electron chi connectivity index (χ2n) is 6.19. The standard InChI is InChI=1S/C18H20ClFN2O3S/c1-12(2)9-10-21-26(24,25)15-6-3-13(4-7-15)18(23)22-14-5-8-17(20)16(19)11-14/h3-8,11-12,21H,9-10H2,1-2H3,(H,22,23). The minimum absolute atomic E-state index is 0.0858. The average Bonchev–Trinajstić information content (AvgIpc) is 2.58. The van der Waals surface area contributed by atoms with Gasteiger partial charge in [0.25, 0.3) is 5.91 Å². The van der Waals surface area contributed by atoms with Crippen LogP contribution in [0.1, 0.15) is 30.6 Å².